The monoisotopic (exact) mass is 789 g/mol. The third kappa shape index (κ3) is 4.98. The number of benzene rings is 9. The molecule has 0 bridgehead atoms. The molecule has 4 nitrogen and oxygen atoms in total. The fraction of sp³-hybridized carbons (Fsp3) is 0.0172. The molecule has 11 aromatic rings. The minimum Gasteiger partial charge on any atom is -0.456 e. The third-order valence-corrected chi connectivity index (χ3v) is 13.0. The van der Waals surface area contributed by atoms with Gasteiger partial charge in [0.1, 0.15) is 11.2 Å². The molecule has 1 spiro atoms. The highest BCUT2D eigenvalue weighted by atomic mass is 16.3. The summed E-state index contributed by atoms with van der Waals surface area (Å²) in [5.41, 5.74) is 19.1. The zero-order chi connectivity index (χ0) is 40.8. The summed E-state index contributed by atoms with van der Waals surface area (Å²) in [6.07, 6.45) is 0. The van der Waals surface area contributed by atoms with Crippen LogP contribution in [0.2, 0.25) is 0 Å². The average Bonchev–Trinajstić information content (AvgIpc) is 3.99. The lowest BCUT2D eigenvalue weighted by Crippen LogP contribution is -2.26. The van der Waals surface area contributed by atoms with Crippen LogP contribution in [0.5, 0.6) is 0 Å². The average molecular weight is 790 g/mol. The van der Waals surface area contributed by atoms with Crippen molar-refractivity contribution in [3.8, 4) is 78.7 Å². The van der Waals surface area contributed by atoms with Crippen LogP contribution in [0.1, 0.15) is 22.3 Å². The summed E-state index contributed by atoms with van der Waals surface area (Å²) in [5.74, 6) is 1.82. The topological polar surface area (TPSA) is 51.8 Å². The molecule has 4 heteroatoms. The Morgan fingerprint density at radius 2 is 0.758 bits per heavy atom. The first-order valence-electron chi connectivity index (χ1n) is 21.1. The summed E-state index contributed by atoms with van der Waals surface area (Å²) in [7, 11) is 0. The number of fused-ring (bicyclic) bond motifs is 13. The predicted octanol–water partition coefficient (Wildman–Crippen LogP) is 14.4. The molecule has 0 fully saturated rings. The van der Waals surface area contributed by atoms with Gasteiger partial charge < -0.3 is 4.42 Å². The van der Waals surface area contributed by atoms with E-state index in [2.05, 4.69) is 152 Å². The first kappa shape index (κ1) is 34.6. The molecular formula is C58H35N3O. The highest BCUT2D eigenvalue weighted by Crippen LogP contribution is 2.64. The number of hydrogen-bond acceptors (Lipinski definition) is 4. The Morgan fingerprint density at radius 3 is 1.48 bits per heavy atom. The van der Waals surface area contributed by atoms with Crippen molar-refractivity contribution < 1.29 is 4.42 Å². The van der Waals surface area contributed by atoms with E-state index in [-0.39, 0.29) is 0 Å². The van der Waals surface area contributed by atoms with Gasteiger partial charge in [0.15, 0.2) is 17.5 Å². The molecular weight excluding hydrogens is 755 g/mol. The van der Waals surface area contributed by atoms with E-state index in [4.69, 9.17) is 19.4 Å². The second-order valence-electron chi connectivity index (χ2n) is 16.2. The van der Waals surface area contributed by atoms with Crippen LogP contribution >= 0.6 is 0 Å². The quantitative estimate of drug-likeness (QED) is 0.174. The number of para-hydroxylation sites is 1. The molecule has 0 saturated carbocycles. The van der Waals surface area contributed by atoms with Crippen molar-refractivity contribution in [2.24, 2.45) is 0 Å². The molecule has 2 aliphatic rings. The molecule has 288 valence electrons. The van der Waals surface area contributed by atoms with Gasteiger partial charge in [-0.15, -0.1) is 0 Å². The van der Waals surface area contributed by atoms with Crippen LogP contribution in [0.3, 0.4) is 0 Å². The van der Waals surface area contributed by atoms with Gasteiger partial charge in [-0.1, -0.05) is 188 Å². The molecule has 0 aliphatic heterocycles. The summed E-state index contributed by atoms with van der Waals surface area (Å²) in [5, 5.41) is 2.02. The number of rotatable bonds is 5. The Bertz CT molecular complexity index is 3540. The summed E-state index contributed by atoms with van der Waals surface area (Å²) >= 11 is 0. The van der Waals surface area contributed by atoms with E-state index in [1.165, 1.54) is 55.6 Å². The Morgan fingerprint density at radius 1 is 0.306 bits per heavy atom. The highest BCUT2D eigenvalue weighted by molar-refractivity contribution is 6.11. The van der Waals surface area contributed by atoms with Gasteiger partial charge in [0, 0.05) is 27.5 Å². The van der Waals surface area contributed by atoms with Gasteiger partial charge in [-0.2, -0.15) is 0 Å². The number of nitrogens with zero attached hydrogens (tertiary/aromatic N) is 3. The summed E-state index contributed by atoms with van der Waals surface area (Å²) in [4.78, 5) is 15.4. The maximum atomic E-state index is 6.28. The summed E-state index contributed by atoms with van der Waals surface area (Å²) in [6.45, 7) is 0. The zero-order valence-corrected chi connectivity index (χ0v) is 33.5. The van der Waals surface area contributed by atoms with Crippen molar-refractivity contribution in [3.05, 3.63) is 235 Å². The lowest BCUT2D eigenvalue weighted by atomic mass is 9.68. The Kier molecular flexibility index (Phi) is 7.49. The van der Waals surface area contributed by atoms with Gasteiger partial charge in [-0.05, 0) is 91.0 Å². The highest BCUT2D eigenvalue weighted by Gasteiger charge is 2.52. The first-order valence-corrected chi connectivity index (χ1v) is 21.1. The predicted molar refractivity (Wildman–Crippen MR) is 251 cm³/mol. The Balaban J connectivity index is 0.967. The van der Waals surface area contributed by atoms with Gasteiger partial charge in [-0.25, -0.2) is 15.0 Å². The van der Waals surface area contributed by atoms with Crippen LogP contribution in [0.15, 0.2) is 217 Å². The molecule has 9 aromatic carbocycles. The van der Waals surface area contributed by atoms with Gasteiger partial charge in [0.2, 0.25) is 0 Å². The van der Waals surface area contributed by atoms with Gasteiger partial charge >= 0.3 is 0 Å². The first-order chi connectivity index (χ1) is 30.7. The van der Waals surface area contributed by atoms with Crippen LogP contribution in [0.25, 0.3) is 101 Å². The van der Waals surface area contributed by atoms with Crippen LogP contribution < -0.4 is 0 Å². The molecule has 0 atom stereocenters. The molecule has 0 radical (unpaired) electrons. The van der Waals surface area contributed by atoms with Gasteiger partial charge in [-0.3, -0.25) is 0 Å². The van der Waals surface area contributed by atoms with E-state index in [1.807, 2.05) is 60.7 Å². The van der Waals surface area contributed by atoms with E-state index in [0.29, 0.717) is 17.5 Å². The van der Waals surface area contributed by atoms with Crippen molar-refractivity contribution in [1.29, 1.82) is 0 Å². The third-order valence-electron chi connectivity index (χ3n) is 13.0. The van der Waals surface area contributed by atoms with Gasteiger partial charge in [0.05, 0.1) is 5.41 Å². The van der Waals surface area contributed by atoms with Crippen LogP contribution in [-0.2, 0) is 5.41 Å². The van der Waals surface area contributed by atoms with E-state index in [1.54, 1.807) is 0 Å². The number of aromatic nitrogens is 3. The maximum Gasteiger partial charge on any atom is 0.164 e. The summed E-state index contributed by atoms with van der Waals surface area (Å²) in [6, 6.07) is 75.8. The largest absolute Gasteiger partial charge is 0.456 e. The van der Waals surface area contributed by atoms with Crippen molar-refractivity contribution >= 4 is 21.9 Å². The molecule has 62 heavy (non-hydrogen) atoms. The fourth-order valence-corrected chi connectivity index (χ4v) is 10.4. The van der Waals surface area contributed by atoms with E-state index in [0.717, 1.165) is 49.8 Å². The minimum absolute atomic E-state index is 0.439. The second-order valence-corrected chi connectivity index (χ2v) is 16.2. The normalized spacial score (nSPS) is 13.0. The van der Waals surface area contributed by atoms with E-state index in [9.17, 15) is 0 Å². The zero-order valence-electron chi connectivity index (χ0n) is 33.5. The Hall–Kier alpha value is -8.21. The smallest absolute Gasteiger partial charge is 0.164 e. The van der Waals surface area contributed by atoms with Crippen LogP contribution in [-0.4, -0.2) is 15.0 Å². The molecule has 13 rings (SSSR count). The lowest BCUT2D eigenvalue weighted by Gasteiger charge is -2.32. The van der Waals surface area contributed by atoms with Crippen molar-refractivity contribution in [2.45, 2.75) is 5.41 Å². The molecule has 2 aromatic heterocycles. The molecule has 0 unspecified atom stereocenters. The summed E-state index contributed by atoms with van der Waals surface area (Å²) < 4.78 is 6.28. The number of hydrogen-bond donors (Lipinski definition) is 0. The minimum atomic E-state index is -0.439. The lowest BCUT2D eigenvalue weighted by molar-refractivity contribution is 0.669. The van der Waals surface area contributed by atoms with Crippen LogP contribution in [0, 0.1) is 0 Å². The second kappa shape index (κ2) is 13.4. The van der Waals surface area contributed by atoms with Gasteiger partial charge in [0.25, 0.3) is 0 Å². The van der Waals surface area contributed by atoms with Crippen molar-refractivity contribution in [1.82, 2.24) is 15.0 Å². The van der Waals surface area contributed by atoms with E-state index >= 15 is 0 Å². The van der Waals surface area contributed by atoms with Crippen molar-refractivity contribution in [2.75, 3.05) is 0 Å². The molecule has 0 amide bonds. The van der Waals surface area contributed by atoms with Crippen LogP contribution in [0.4, 0.5) is 0 Å². The molecule has 2 aliphatic carbocycles. The Labute approximate surface area is 358 Å². The number of furan rings is 1. The SMILES string of the molecule is c1ccc(-c2nc(-c3cccc(-c4cccc(-c5cccc6c5C5(c7ccccc7-c7ccccc75)c5ccccc5-6)c4)c3)nc(-c3cccc4oc5ccccc5c34)n2)cc1. The standard InChI is InChI=1S/C58H35N3O/c1-2-16-36(17-3-1)55-59-56(61-57(60-55)47-28-15-33-52-53(47)46-25-7-11-32-51(46)62-52)40-21-13-19-38(35-40)37-18-12-20-39(34-37)41-26-14-27-45-44-24-6-10-31-50(44)58(54(41)45)48-29-8-4-22-42(48)43-23-5-9-30-49(43)58/h1-35H. The maximum absolute atomic E-state index is 6.28. The van der Waals surface area contributed by atoms with E-state index < -0.39 is 5.41 Å². The molecule has 0 N–H and O–H groups in total. The fourth-order valence-electron chi connectivity index (χ4n) is 10.4. The molecule has 2 heterocycles. The van der Waals surface area contributed by atoms with Crippen molar-refractivity contribution in [3.63, 3.8) is 0 Å². The molecule has 0 saturated heterocycles.